The molecule has 4 aromatic rings. The molecular formula is C27H25N3O3S. The van der Waals surface area contributed by atoms with E-state index < -0.39 is 16.1 Å². The average molecular weight is 472 g/mol. The molecule has 0 bridgehead atoms. The van der Waals surface area contributed by atoms with E-state index in [1.165, 1.54) is 16.4 Å². The summed E-state index contributed by atoms with van der Waals surface area (Å²) in [6.07, 6.45) is 3.35. The zero-order chi connectivity index (χ0) is 24.0. The number of nitrogens with one attached hydrogen (secondary N) is 1. The number of benzene rings is 3. The highest BCUT2D eigenvalue weighted by atomic mass is 32.2. The van der Waals surface area contributed by atoms with E-state index in [9.17, 15) is 13.2 Å². The molecule has 1 heterocycles. The summed E-state index contributed by atoms with van der Waals surface area (Å²) in [4.78, 5) is 17.4. The summed E-state index contributed by atoms with van der Waals surface area (Å²) in [6.45, 7) is 2.04. The van der Waals surface area contributed by atoms with Gasteiger partial charge in [0.25, 0.3) is 15.9 Å². The minimum Gasteiger partial charge on any atom is -0.341 e. The Hall–Kier alpha value is -3.97. The number of para-hydroxylation sites is 1. The third kappa shape index (κ3) is 5.00. The van der Waals surface area contributed by atoms with Crippen LogP contribution in [0.25, 0.3) is 0 Å². The number of hydrogen-bond acceptors (Lipinski definition) is 4. The first-order chi connectivity index (χ1) is 16.5. The van der Waals surface area contributed by atoms with Crippen molar-refractivity contribution in [2.45, 2.75) is 17.9 Å². The number of amides is 1. The second kappa shape index (κ2) is 10.3. The first kappa shape index (κ1) is 23.2. The van der Waals surface area contributed by atoms with Gasteiger partial charge in [0.05, 0.1) is 16.6 Å². The molecule has 6 nitrogen and oxygen atoms in total. The van der Waals surface area contributed by atoms with Gasteiger partial charge in [0.15, 0.2) is 0 Å². The third-order valence-corrected chi connectivity index (χ3v) is 7.36. The smallest absolute Gasteiger partial charge is 0.264 e. The lowest BCUT2D eigenvalue weighted by Crippen LogP contribution is -2.32. The molecule has 0 aliphatic heterocycles. The number of pyridine rings is 1. The van der Waals surface area contributed by atoms with Gasteiger partial charge in [-0.2, -0.15) is 0 Å². The van der Waals surface area contributed by atoms with Crippen LogP contribution in [0.5, 0.6) is 0 Å². The highest BCUT2D eigenvalue weighted by Gasteiger charge is 2.25. The van der Waals surface area contributed by atoms with E-state index in [0.717, 1.165) is 11.1 Å². The molecule has 0 spiro atoms. The minimum atomic E-state index is -3.85. The predicted molar refractivity (Wildman–Crippen MR) is 133 cm³/mol. The van der Waals surface area contributed by atoms with Crippen molar-refractivity contribution in [2.75, 3.05) is 10.8 Å². The molecular weight excluding hydrogens is 446 g/mol. The van der Waals surface area contributed by atoms with Gasteiger partial charge >= 0.3 is 0 Å². The van der Waals surface area contributed by atoms with Crippen LogP contribution >= 0.6 is 0 Å². The summed E-state index contributed by atoms with van der Waals surface area (Å²) in [5.74, 6) is -0.370. The number of carbonyl (C=O) groups is 1. The quantitative estimate of drug-likeness (QED) is 0.400. The Balaban J connectivity index is 1.65. The zero-order valence-electron chi connectivity index (χ0n) is 18.7. The molecule has 172 valence electrons. The molecule has 34 heavy (non-hydrogen) atoms. The molecule has 0 aliphatic rings. The number of carbonyl (C=O) groups excluding carboxylic acids is 1. The molecule has 0 radical (unpaired) electrons. The zero-order valence-corrected chi connectivity index (χ0v) is 19.5. The molecule has 3 aromatic carbocycles. The van der Waals surface area contributed by atoms with Crippen LogP contribution in [0.2, 0.25) is 0 Å². The van der Waals surface area contributed by atoms with Crippen molar-refractivity contribution < 1.29 is 13.2 Å². The van der Waals surface area contributed by atoms with Gasteiger partial charge in [0.1, 0.15) is 0 Å². The number of sulfonamides is 1. The molecule has 0 fully saturated rings. The predicted octanol–water partition coefficient (Wildman–Crippen LogP) is 4.82. The van der Waals surface area contributed by atoms with E-state index in [-0.39, 0.29) is 22.9 Å². The fourth-order valence-corrected chi connectivity index (χ4v) is 5.31. The lowest BCUT2D eigenvalue weighted by atomic mass is 9.99. The van der Waals surface area contributed by atoms with E-state index >= 15 is 0 Å². The Morgan fingerprint density at radius 3 is 2.12 bits per heavy atom. The molecule has 1 N–H and O–H groups in total. The number of hydrogen-bond donors (Lipinski definition) is 1. The van der Waals surface area contributed by atoms with Gasteiger partial charge in [-0.3, -0.25) is 14.1 Å². The van der Waals surface area contributed by atoms with Gasteiger partial charge in [0.2, 0.25) is 0 Å². The largest absolute Gasteiger partial charge is 0.341 e. The first-order valence-corrected chi connectivity index (χ1v) is 12.4. The summed E-state index contributed by atoms with van der Waals surface area (Å²) in [7, 11) is -3.85. The fraction of sp³-hybridized carbons (Fsp3) is 0.111. The van der Waals surface area contributed by atoms with Crippen molar-refractivity contribution in [3.8, 4) is 0 Å². The lowest BCUT2D eigenvalue weighted by molar-refractivity contribution is 0.0942. The minimum absolute atomic E-state index is 0.0611. The van der Waals surface area contributed by atoms with Crippen LogP contribution in [-0.4, -0.2) is 25.9 Å². The van der Waals surface area contributed by atoms with E-state index in [4.69, 9.17) is 0 Å². The standard InChI is InChI=1S/C27H25N3O3S/c1-2-30(24-13-7-4-8-14-24)34(32,33)25-15-9-12-23(20-25)27(31)29-26(21-10-5-3-6-11-21)22-16-18-28-19-17-22/h3-20,26H,2H2,1H3,(H,29,31). The molecule has 0 saturated heterocycles. The van der Waals surface area contributed by atoms with E-state index in [0.29, 0.717) is 5.69 Å². The Bertz CT molecular complexity index is 1310. The van der Waals surface area contributed by atoms with Crippen molar-refractivity contribution in [2.24, 2.45) is 0 Å². The van der Waals surface area contributed by atoms with Crippen LogP contribution in [0.15, 0.2) is 114 Å². The van der Waals surface area contributed by atoms with Crippen molar-refractivity contribution >= 4 is 21.6 Å². The Kier molecular flexibility index (Phi) is 7.04. The molecule has 1 atom stereocenters. The van der Waals surface area contributed by atoms with Crippen LogP contribution < -0.4 is 9.62 Å². The molecule has 0 aliphatic carbocycles. The summed E-state index contributed by atoms with van der Waals surface area (Å²) >= 11 is 0. The highest BCUT2D eigenvalue weighted by Crippen LogP contribution is 2.25. The number of rotatable bonds is 8. The summed E-state index contributed by atoms with van der Waals surface area (Å²) in [5.41, 5.74) is 2.62. The van der Waals surface area contributed by atoms with Gasteiger partial charge in [-0.25, -0.2) is 8.42 Å². The normalized spacial score (nSPS) is 12.0. The maximum atomic E-state index is 13.4. The van der Waals surface area contributed by atoms with Crippen LogP contribution in [-0.2, 0) is 10.0 Å². The topological polar surface area (TPSA) is 79.4 Å². The van der Waals surface area contributed by atoms with E-state index in [1.54, 1.807) is 55.7 Å². The van der Waals surface area contributed by atoms with Crippen LogP contribution in [0.3, 0.4) is 0 Å². The number of nitrogens with zero attached hydrogens (tertiary/aromatic N) is 2. The maximum Gasteiger partial charge on any atom is 0.264 e. The Morgan fingerprint density at radius 1 is 0.853 bits per heavy atom. The van der Waals surface area contributed by atoms with Crippen molar-refractivity contribution in [1.82, 2.24) is 10.3 Å². The maximum absolute atomic E-state index is 13.4. The second-order valence-corrected chi connectivity index (χ2v) is 9.49. The number of aromatic nitrogens is 1. The van der Waals surface area contributed by atoms with Gasteiger partial charge in [-0.15, -0.1) is 0 Å². The van der Waals surface area contributed by atoms with Crippen molar-refractivity contribution in [3.05, 3.63) is 126 Å². The third-order valence-electron chi connectivity index (χ3n) is 5.46. The molecule has 1 unspecified atom stereocenters. The van der Waals surface area contributed by atoms with Crippen LogP contribution in [0.4, 0.5) is 5.69 Å². The number of anilines is 1. The lowest BCUT2D eigenvalue weighted by Gasteiger charge is -2.23. The van der Waals surface area contributed by atoms with Gasteiger partial charge in [-0.05, 0) is 60.5 Å². The molecule has 7 heteroatoms. The van der Waals surface area contributed by atoms with Gasteiger partial charge in [0, 0.05) is 24.5 Å². The van der Waals surface area contributed by atoms with Crippen molar-refractivity contribution in [3.63, 3.8) is 0 Å². The summed E-state index contributed by atoms with van der Waals surface area (Å²) < 4.78 is 28.1. The van der Waals surface area contributed by atoms with Crippen LogP contribution in [0, 0.1) is 0 Å². The molecule has 4 rings (SSSR count). The van der Waals surface area contributed by atoms with Crippen LogP contribution in [0.1, 0.15) is 34.5 Å². The second-order valence-electron chi connectivity index (χ2n) is 7.63. The monoisotopic (exact) mass is 471 g/mol. The molecule has 1 aromatic heterocycles. The van der Waals surface area contributed by atoms with E-state index in [1.807, 2.05) is 48.5 Å². The molecule has 1 amide bonds. The van der Waals surface area contributed by atoms with E-state index in [2.05, 4.69) is 10.3 Å². The Labute approximate surface area is 200 Å². The highest BCUT2D eigenvalue weighted by molar-refractivity contribution is 7.92. The van der Waals surface area contributed by atoms with Crippen molar-refractivity contribution in [1.29, 1.82) is 0 Å². The SMILES string of the molecule is CCN(c1ccccc1)S(=O)(=O)c1cccc(C(=O)NC(c2ccccc2)c2ccncc2)c1. The first-order valence-electron chi connectivity index (χ1n) is 10.9. The summed E-state index contributed by atoms with van der Waals surface area (Å²) in [6, 6.07) is 27.9. The average Bonchev–Trinajstić information content (AvgIpc) is 2.89. The van der Waals surface area contributed by atoms with Gasteiger partial charge in [-0.1, -0.05) is 54.6 Å². The fourth-order valence-electron chi connectivity index (χ4n) is 3.79. The van der Waals surface area contributed by atoms with Gasteiger partial charge < -0.3 is 5.32 Å². The molecule has 0 saturated carbocycles. The summed E-state index contributed by atoms with van der Waals surface area (Å²) in [5, 5.41) is 3.04. The Morgan fingerprint density at radius 2 is 1.47 bits per heavy atom.